The number of aromatic nitrogens is 1. The van der Waals surface area contributed by atoms with Crippen molar-refractivity contribution in [2.75, 3.05) is 6.54 Å². The van der Waals surface area contributed by atoms with E-state index < -0.39 is 0 Å². The Morgan fingerprint density at radius 2 is 2.45 bits per heavy atom. The van der Waals surface area contributed by atoms with E-state index in [1.165, 1.54) is 17.7 Å². The van der Waals surface area contributed by atoms with Gasteiger partial charge in [-0.1, -0.05) is 0 Å². The molecule has 0 saturated heterocycles. The minimum Gasteiger partial charge on any atom is -0.289 e. The Balaban J connectivity index is 2.29. The van der Waals surface area contributed by atoms with Crippen molar-refractivity contribution in [3.63, 3.8) is 0 Å². The second kappa shape index (κ2) is 2.82. The molecule has 56 valence electrons. The standard InChI is InChI=1S/C9H10N2/c1-3-8(7-10-5-1)9-4-2-6-11-9/h1,3,5,7H,2,4,6H2/p+1. The van der Waals surface area contributed by atoms with Gasteiger partial charge in [0.05, 0.1) is 5.56 Å². The van der Waals surface area contributed by atoms with Gasteiger partial charge in [0.15, 0.2) is 12.4 Å². The van der Waals surface area contributed by atoms with Crippen LogP contribution in [-0.2, 0) is 0 Å². The highest BCUT2D eigenvalue weighted by atomic mass is 14.8. The van der Waals surface area contributed by atoms with Crippen LogP contribution in [0.2, 0.25) is 0 Å². The van der Waals surface area contributed by atoms with Crippen LogP contribution in [0.3, 0.4) is 0 Å². The van der Waals surface area contributed by atoms with Crippen molar-refractivity contribution < 1.29 is 4.98 Å². The molecule has 1 aliphatic rings. The molecule has 0 atom stereocenters. The predicted octanol–water partition coefficient (Wildman–Crippen LogP) is 1.08. The van der Waals surface area contributed by atoms with Crippen molar-refractivity contribution in [1.82, 2.24) is 0 Å². The maximum atomic E-state index is 4.40. The summed E-state index contributed by atoms with van der Waals surface area (Å²) in [5.74, 6) is 0. The van der Waals surface area contributed by atoms with Crippen LogP contribution in [0.1, 0.15) is 18.4 Å². The first-order valence-electron chi connectivity index (χ1n) is 3.96. The number of hydrogen-bond acceptors (Lipinski definition) is 1. The van der Waals surface area contributed by atoms with Crippen molar-refractivity contribution in [3.8, 4) is 0 Å². The number of nitrogens with zero attached hydrogens (tertiary/aromatic N) is 1. The Bertz CT molecular complexity index is 264. The number of hydrogen-bond donors (Lipinski definition) is 0. The summed E-state index contributed by atoms with van der Waals surface area (Å²) in [6.07, 6.45) is 6.27. The molecule has 11 heavy (non-hydrogen) atoms. The van der Waals surface area contributed by atoms with E-state index in [0.717, 1.165) is 13.0 Å². The average molecular weight is 147 g/mol. The molecule has 2 nitrogen and oxygen atoms in total. The van der Waals surface area contributed by atoms with Crippen LogP contribution in [-0.4, -0.2) is 12.3 Å². The number of aliphatic imine (C=N–C) groups is 1. The first-order chi connectivity index (χ1) is 5.47. The lowest BCUT2D eigenvalue weighted by Crippen LogP contribution is -2.05. The molecule has 1 aliphatic heterocycles. The minimum absolute atomic E-state index is 1.00. The van der Waals surface area contributed by atoms with Gasteiger partial charge in [-0.25, -0.2) is 4.98 Å². The third-order valence-electron chi connectivity index (χ3n) is 1.91. The normalized spacial score (nSPS) is 16.5. The van der Waals surface area contributed by atoms with Gasteiger partial charge in [-0.05, 0) is 18.9 Å². The Labute approximate surface area is 66.0 Å². The zero-order valence-electron chi connectivity index (χ0n) is 6.38. The molecule has 0 saturated carbocycles. The van der Waals surface area contributed by atoms with E-state index in [-0.39, 0.29) is 0 Å². The van der Waals surface area contributed by atoms with E-state index in [9.17, 15) is 0 Å². The van der Waals surface area contributed by atoms with Crippen molar-refractivity contribution in [2.24, 2.45) is 4.99 Å². The molecule has 0 bridgehead atoms. The van der Waals surface area contributed by atoms with Gasteiger partial charge in [0.2, 0.25) is 0 Å². The summed E-state index contributed by atoms with van der Waals surface area (Å²) in [7, 11) is 0. The lowest BCUT2D eigenvalue weighted by molar-refractivity contribution is -0.378. The van der Waals surface area contributed by atoms with E-state index in [1.807, 2.05) is 18.5 Å². The molecule has 0 fully saturated rings. The minimum atomic E-state index is 1.00. The molecule has 0 aromatic carbocycles. The molecular weight excluding hydrogens is 136 g/mol. The maximum absolute atomic E-state index is 4.40. The van der Waals surface area contributed by atoms with Gasteiger partial charge in [0.25, 0.3) is 0 Å². The molecule has 0 spiro atoms. The van der Waals surface area contributed by atoms with Gasteiger partial charge in [0, 0.05) is 18.3 Å². The van der Waals surface area contributed by atoms with E-state index in [4.69, 9.17) is 0 Å². The highest BCUT2D eigenvalue weighted by Crippen LogP contribution is 2.10. The van der Waals surface area contributed by atoms with Gasteiger partial charge < -0.3 is 0 Å². The maximum Gasteiger partial charge on any atom is 0.176 e. The lowest BCUT2D eigenvalue weighted by atomic mass is 10.1. The van der Waals surface area contributed by atoms with Gasteiger partial charge in [-0.2, -0.15) is 0 Å². The number of pyridine rings is 1. The van der Waals surface area contributed by atoms with Crippen LogP contribution >= 0.6 is 0 Å². The van der Waals surface area contributed by atoms with Crippen molar-refractivity contribution in [2.45, 2.75) is 12.8 Å². The molecular formula is C9H11N2+. The third kappa shape index (κ3) is 1.29. The number of H-pyrrole nitrogens is 1. The van der Waals surface area contributed by atoms with Gasteiger partial charge >= 0.3 is 0 Å². The van der Waals surface area contributed by atoms with Crippen molar-refractivity contribution in [3.05, 3.63) is 30.1 Å². The van der Waals surface area contributed by atoms with Crippen molar-refractivity contribution >= 4 is 5.71 Å². The Kier molecular flexibility index (Phi) is 1.68. The molecule has 2 heterocycles. The number of nitrogens with one attached hydrogen (secondary N) is 1. The fourth-order valence-corrected chi connectivity index (χ4v) is 1.35. The Hall–Kier alpha value is -1.18. The SMILES string of the molecule is c1c[nH+]cc(C2=NCCC2)c1. The Morgan fingerprint density at radius 1 is 1.45 bits per heavy atom. The van der Waals surface area contributed by atoms with Crippen LogP contribution in [0, 0.1) is 0 Å². The average Bonchev–Trinajstić information content (AvgIpc) is 2.58. The first-order valence-corrected chi connectivity index (χ1v) is 3.96. The van der Waals surface area contributed by atoms with Crippen LogP contribution in [0.4, 0.5) is 0 Å². The molecule has 0 unspecified atom stereocenters. The fourth-order valence-electron chi connectivity index (χ4n) is 1.35. The van der Waals surface area contributed by atoms with E-state index in [0.29, 0.717) is 0 Å². The van der Waals surface area contributed by atoms with Crippen LogP contribution in [0.5, 0.6) is 0 Å². The molecule has 0 aliphatic carbocycles. The van der Waals surface area contributed by atoms with E-state index in [1.54, 1.807) is 0 Å². The van der Waals surface area contributed by atoms with Crippen molar-refractivity contribution in [1.29, 1.82) is 0 Å². The molecule has 1 N–H and O–H groups in total. The van der Waals surface area contributed by atoms with E-state index in [2.05, 4.69) is 16.0 Å². The van der Waals surface area contributed by atoms with Crippen LogP contribution < -0.4 is 4.98 Å². The summed E-state index contributed by atoms with van der Waals surface area (Å²) >= 11 is 0. The smallest absolute Gasteiger partial charge is 0.176 e. The van der Waals surface area contributed by atoms with E-state index >= 15 is 0 Å². The molecule has 2 heteroatoms. The highest BCUT2D eigenvalue weighted by Gasteiger charge is 2.09. The van der Waals surface area contributed by atoms with Crippen LogP contribution in [0.15, 0.2) is 29.5 Å². The Morgan fingerprint density at radius 3 is 3.09 bits per heavy atom. The lowest BCUT2D eigenvalue weighted by Gasteiger charge is -1.93. The van der Waals surface area contributed by atoms with Gasteiger partial charge in [0.1, 0.15) is 0 Å². The largest absolute Gasteiger partial charge is 0.289 e. The summed E-state index contributed by atoms with van der Waals surface area (Å²) in [4.78, 5) is 7.46. The third-order valence-corrected chi connectivity index (χ3v) is 1.91. The fraction of sp³-hybridized carbons (Fsp3) is 0.333. The number of rotatable bonds is 1. The molecule has 1 aromatic rings. The summed E-state index contributed by atoms with van der Waals surface area (Å²) in [6.45, 7) is 1.00. The van der Waals surface area contributed by atoms with Gasteiger partial charge in [-0.3, -0.25) is 4.99 Å². The summed E-state index contributed by atoms with van der Waals surface area (Å²) in [5.41, 5.74) is 2.49. The first kappa shape index (κ1) is 6.53. The summed E-state index contributed by atoms with van der Waals surface area (Å²) in [5, 5.41) is 0. The quantitative estimate of drug-likeness (QED) is 0.568. The summed E-state index contributed by atoms with van der Waals surface area (Å²) < 4.78 is 0. The molecule has 0 radical (unpaired) electrons. The highest BCUT2D eigenvalue weighted by molar-refractivity contribution is 6.00. The monoisotopic (exact) mass is 147 g/mol. The molecule has 0 amide bonds. The summed E-state index contributed by atoms with van der Waals surface area (Å²) in [6, 6.07) is 4.11. The second-order valence-electron chi connectivity index (χ2n) is 2.72. The van der Waals surface area contributed by atoms with Gasteiger partial charge in [-0.15, -0.1) is 0 Å². The molecule has 2 rings (SSSR count). The van der Waals surface area contributed by atoms with Crippen LogP contribution in [0.25, 0.3) is 0 Å². The zero-order valence-corrected chi connectivity index (χ0v) is 6.38. The molecule has 1 aromatic heterocycles. The zero-order chi connectivity index (χ0) is 7.52. The second-order valence-corrected chi connectivity index (χ2v) is 2.72. The number of aromatic amines is 1. The predicted molar refractivity (Wildman–Crippen MR) is 43.6 cm³/mol. The topological polar surface area (TPSA) is 26.5 Å².